The Labute approximate surface area is 195 Å². The molecule has 7 rings (SSSR count). The van der Waals surface area contributed by atoms with Crippen molar-refractivity contribution < 1.29 is 9.47 Å². The van der Waals surface area contributed by atoms with Gasteiger partial charge in [-0.25, -0.2) is 0 Å². The molecular weight excluding hydrogens is 422 g/mol. The number of anilines is 3. The summed E-state index contributed by atoms with van der Waals surface area (Å²) in [6.07, 6.45) is 0. The smallest absolute Gasteiger partial charge is 0.170 e. The Morgan fingerprint density at radius 3 is 1.64 bits per heavy atom. The van der Waals surface area contributed by atoms with E-state index in [1.807, 2.05) is 0 Å². The highest BCUT2D eigenvalue weighted by Gasteiger charge is 2.55. The zero-order valence-corrected chi connectivity index (χ0v) is 20.5. The minimum atomic E-state index is -2.37. The Kier molecular flexibility index (Phi) is 3.51. The molecule has 3 heterocycles. The maximum atomic E-state index is 6.69. The van der Waals surface area contributed by atoms with Gasteiger partial charge in [-0.1, -0.05) is 36.4 Å². The zero-order chi connectivity index (χ0) is 22.6. The van der Waals surface area contributed by atoms with Gasteiger partial charge >= 0.3 is 0 Å². The van der Waals surface area contributed by atoms with Gasteiger partial charge in [-0.05, 0) is 80.8 Å². The van der Waals surface area contributed by atoms with Crippen molar-refractivity contribution in [2.45, 2.75) is 34.2 Å². The lowest BCUT2D eigenvalue weighted by Gasteiger charge is -2.49. The standard InChI is InChI=1S/C29H25NO2Si/c1-16-6-10-20(11-7-16)30-21-12-8-18(3)25-27(21)33(5)28-22(30)13-9-19(4)26(28)32-24-15-17(2)14-23(31-25)29(24)33/h6-15H,1-5H3. The Balaban J connectivity index is 1.66. The summed E-state index contributed by atoms with van der Waals surface area (Å²) in [7, 11) is -2.37. The van der Waals surface area contributed by atoms with E-state index in [0.29, 0.717) is 0 Å². The van der Waals surface area contributed by atoms with Crippen LogP contribution < -0.4 is 29.9 Å². The van der Waals surface area contributed by atoms with Crippen LogP contribution in [0.15, 0.2) is 60.7 Å². The number of ether oxygens (including phenoxy) is 2. The molecule has 0 saturated carbocycles. The van der Waals surface area contributed by atoms with Gasteiger partial charge in [0, 0.05) is 32.6 Å². The fourth-order valence-corrected chi connectivity index (χ4v) is 10.8. The molecular formula is C29H25NO2Si. The second-order valence-electron chi connectivity index (χ2n) is 9.85. The molecule has 162 valence electrons. The van der Waals surface area contributed by atoms with Gasteiger partial charge in [0.15, 0.2) is 8.07 Å². The molecule has 3 aliphatic rings. The van der Waals surface area contributed by atoms with E-state index in [9.17, 15) is 0 Å². The number of hydrogen-bond donors (Lipinski definition) is 0. The van der Waals surface area contributed by atoms with E-state index in [-0.39, 0.29) is 0 Å². The summed E-state index contributed by atoms with van der Waals surface area (Å²) in [5.41, 5.74) is 8.41. The van der Waals surface area contributed by atoms with E-state index in [4.69, 9.17) is 9.47 Å². The molecule has 0 spiro atoms. The average molecular weight is 448 g/mol. The second-order valence-corrected chi connectivity index (χ2v) is 13.6. The molecule has 0 amide bonds. The molecule has 0 saturated heterocycles. The highest BCUT2D eigenvalue weighted by molar-refractivity contribution is 7.14. The fraction of sp³-hybridized carbons (Fsp3) is 0.172. The molecule has 33 heavy (non-hydrogen) atoms. The van der Waals surface area contributed by atoms with Gasteiger partial charge in [-0.2, -0.15) is 0 Å². The lowest BCUT2D eigenvalue weighted by atomic mass is 10.1. The van der Waals surface area contributed by atoms with Crippen LogP contribution in [0.1, 0.15) is 22.3 Å². The summed E-state index contributed by atoms with van der Waals surface area (Å²) in [6.45, 7) is 11.1. The van der Waals surface area contributed by atoms with Crippen LogP contribution in [-0.2, 0) is 0 Å². The highest BCUT2D eigenvalue weighted by atomic mass is 28.3. The number of aryl methyl sites for hydroxylation is 4. The van der Waals surface area contributed by atoms with E-state index in [2.05, 4.69) is 99.8 Å². The summed E-state index contributed by atoms with van der Waals surface area (Å²) >= 11 is 0. The molecule has 3 aliphatic heterocycles. The molecule has 0 aromatic heterocycles. The summed E-state index contributed by atoms with van der Waals surface area (Å²) in [5.74, 6) is 3.99. The molecule has 0 atom stereocenters. The molecule has 4 aromatic rings. The average Bonchev–Trinajstić information content (AvgIpc) is 2.78. The molecule has 0 radical (unpaired) electrons. The first kappa shape index (κ1) is 19.0. The largest absolute Gasteiger partial charge is 0.457 e. The van der Waals surface area contributed by atoms with Crippen molar-refractivity contribution in [1.29, 1.82) is 0 Å². The lowest BCUT2D eigenvalue weighted by molar-refractivity contribution is 0.459. The molecule has 0 N–H and O–H groups in total. The van der Waals surface area contributed by atoms with E-state index in [1.165, 1.54) is 43.6 Å². The molecule has 0 unspecified atom stereocenters. The summed E-state index contributed by atoms with van der Waals surface area (Å²) < 4.78 is 13.4. The second kappa shape index (κ2) is 6.09. The lowest BCUT2D eigenvalue weighted by Crippen LogP contribution is -2.71. The first-order chi connectivity index (χ1) is 15.9. The summed E-state index contributed by atoms with van der Waals surface area (Å²) in [6, 6.07) is 22.1. The molecule has 0 bridgehead atoms. The Morgan fingerprint density at radius 2 is 1.12 bits per heavy atom. The SMILES string of the molecule is Cc1ccc(N2c3ccc(C)c4c3[Si]3(C)c5c(cc(C)cc5Oc5c(C)ccc2c53)O4)cc1. The molecule has 4 heteroatoms. The summed E-state index contributed by atoms with van der Waals surface area (Å²) in [5, 5.41) is 4.00. The molecule has 0 aliphatic carbocycles. The van der Waals surface area contributed by atoms with Crippen LogP contribution in [0.2, 0.25) is 6.55 Å². The quantitative estimate of drug-likeness (QED) is 0.294. The van der Waals surface area contributed by atoms with Crippen molar-refractivity contribution in [2.24, 2.45) is 0 Å². The van der Waals surface area contributed by atoms with Crippen molar-refractivity contribution >= 4 is 40.7 Å². The maximum Gasteiger partial charge on any atom is 0.170 e. The number of benzene rings is 4. The number of rotatable bonds is 1. The van der Waals surface area contributed by atoms with Gasteiger partial charge in [0.2, 0.25) is 0 Å². The van der Waals surface area contributed by atoms with Crippen LogP contribution in [0.25, 0.3) is 0 Å². The van der Waals surface area contributed by atoms with E-state index >= 15 is 0 Å². The molecule has 0 fully saturated rings. The van der Waals surface area contributed by atoms with Crippen molar-refractivity contribution in [1.82, 2.24) is 0 Å². The van der Waals surface area contributed by atoms with Crippen LogP contribution in [0.4, 0.5) is 17.1 Å². The van der Waals surface area contributed by atoms with Gasteiger partial charge in [-0.15, -0.1) is 0 Å². The van der Waals surface area contributed by atoms with E-state index in [0.717, 1.165) is 34.2 Å². The highest BCUT2D eigenvalue weighted by Crippen LogP contribution is 2.50. The summed E-state index contributed by atoms with van der Waals surface area (Å²) in [4.78, 5) is 2.40. The first-order valence-electron chi connectivity index (χ1n) is 11.5. The van der Waals surface area contributed by atoms with Crippen LogP contribution in [0.3, 0.4) is 0 Å². The zero-order valence-electron chi connectivity index (χ0n) is 19.5. The molecule has 4 aromatic carbocycles. The van der Waals surface area contributed by atoms with Gasteiger partial charge in [0.05, 0.1) is 0 Å². The monoisotopic (exact) mass is 447 g/mol. The van der Waals surface area contributed by atoms with Crippen molar-refractivity contribution in [3.05, 3.63) is 82.9 Å². The van der Waals surface area contributed by atoms with Gasteiger partial charge < -0.3 is 14.4 Å². The van der Waals surface area contributed by atoms with E-state index < -0.39 is 8.07 Å². The third-order valence-corrected chi connectivity index (χ3v) is 12.0. The van der Waals surface area contributed by atoms with E-state index in [1.54, 1.807) is 0 Å². The normalized spacial score (nSPS) is 15.5. The predicted octanol–water partition coefficient (Wildman–Crippen LogP) is 6.01. The van der Waals surface area contributed by atoms with Crippen molar-refractivity contribution in [2.75, 3.05) is 4.90 Å². The van der Waals surface area contributed by atoms with Crippen LogP contribution in [0, 0.1) is 27.7 Å². The topological polar surface area (TPSA) is 21.7 Å². The predicted molar refractivity (Wildman–Crippen MR) is 137 cm³/mol. The third-order valence-electron chi connectivity index (χ3n) is 7.57. The maximum absolute atomic E-state index is 6.69. The first-order valence-corrected chi connectivity index (χ1v) is 14.0. The minimum Gasteiger partial charge on any atom is -0.457 e. The fourth-order valence-electron chi connectivity index (χ4n) is 6.03. The Morgan fingerprint density at radius 1 is 0.606 bits per heavy atom. The van der Waals surface area contributed by atoms with Gasteiger partial charge in [0.25, 0.3) is 0 Å². The Bertz CT molecular complexity index is 1440. The Hall–Kier alpha value is -3.50. The number of nitrogens with zero attached hydrogens (tertiary/aromatic N) is 1. The van der Waals surface area contributed by atoms with Gasteiger partial charge in [-0.3, -0.25) is 0 Å². The van der Waals surface area contributed by atoms with Crippen LogP contribution in [-0.4, -0.2) is 8.07 Å². The van der Waals surface area contributed by atoms with Crippen molar-refractivity contribution in [3.8, 4) is 23.0 Å². The molecule has 3 nitrogen and oxygen atoms in total. The van der Waals surface area contributed by atoms with Crippen molar-refractivity contribution in [3.63, 3.8) is 0 Å². The third kappa shape index (κ3) is 2.24. The number of hydrogen-bond acceptors (Lipinski definition) is 3. The van der Waals surface area contributed by atoms with Crippen LogP contribution >= 0.6 is 0 Å². The van der Waals surface area contributed by atoms with Crippen LogP contribution in [0.5, 0.6) is 23.0 Å². The van der Waals surface area contributed by atoms with Gasteiger partial charge in [0.1, 0.15) is 23.0 Å². The minimum absolute atomic E-state index is 0.966.